The number of nitro groups is 1. The summed E-state index contributed by atoms with van der Waals surface area (Å²) in [6, 6.07) is 33.1. The summed E-state index contributed by atoms with van der Waals surface area (Å²) in [5, 5.41) is 16.5. The molecule has 0 aliphatic heterocycles. The lowest BCUT2D eigenvalue weighted by Gasteiger charge is -2.11. The summed E-state index contributed by atoms with van der Waals surface area (Å²) in [4.78, 5) is 11.6. The smallest absolute Gasteiger partial charge is 0.277 e. The molecule has 33 heavy (non-hydrogen) atoms. The second-order valence-electron chi connectivity index (χ2n) is 7.97. The van der Waals surface area contributed by atoms with Crippen LogP contribution in [0.15, 0.2) is 103 Å². The summed E-state index contributed by atoms with van der Waals surface area (Å²) < 4.78 is 2.15. The van der Waals surface area contributed by atoms with Gasteiger partial charge in [0, 0.05) is 16.8 Å². The van der Waals surface area contributed by atoms with Crippen LogP contribution in [0.25, 0.3) is 49.4 Å². The van der Waals surface area contributed by atoms with E-state index in [0.717, 1.165) is 43.8 Å². The van der Waals surface area contributed by atoms with Gasteiger partial charge in [-0.1, -0.05) is 72.3 Å². The summed E-state index contributed by atoms with van der Waals surface area (Å²) in [5.74, 6) is 0. The van der Waals surface area contributed by atoms with E-state index in [9.17, 15) is 10.1 Å². The number of benzene rings is 5. The zero-order valence-corrected chi connectivity index (χ0v) is 18.2. The molecule has 0 spiro atoms. The molecular weight excluding hydrogens is 432 g/mol. The Morgan fingerprint density at radius 2 is 1.39 bits per heavy atom. The Kier molecular flexibility index (Phi) is 4.42. The lowest BCUT2D eigenvalue weighted by Crippen LogP contribution is -1.95. The summed E-state index contributed by atoms with van der Waals surface area (Å²) in [6.45, 7) is 0. The lowest BCUT2D eigenvalue weighted by molar-refractivity contribution is -0.384. The van der Waals surface area contributed by atoms with Crippen molar-refractivity contribution in [3.8, 4) is 16.8 Å². The van der Waals surface area contributed by atoms with Crippen molar-refractivity contribution >= 4 is 49.9 Å². The van der Waals surface area contributed by atoms with Crippen LogP contribution in [0.5, 0.6) is 0 Å². The summed E-state index contributed by atoms with van der Waals surface area (Å²) >= 11 is 6.57. The third-order valence-corrected chi connectivity index (χ3v) is 6.48. The molecule has 158 valence electrons. The van der Waals surface area contributed by atoms with Crippen molar-refractivity contribution in [2.24, 2.45) is 0 Å². The van der Waals surface area contributed by atoms with Gasteiger partial charge < -0.3 is 4.57 Å². The Morgan fingerprint density at radius 3 is 2.21 bits per heavy atom. The molecule has 0 amide bonds. The Bertz CT molecular complexity index is 1720. The highest BCUT2D eigenvalue weighted by Gasteiger charge is 2.20. The molecule has 0 fully saturated rings. The lowest BCUT2D eigenvalue weighted by atomic mass is 9.95. The second kappa shape index (κ2) is 7.47. The van der Waals surface area contributed by atoms with Crippen LogP contribution in [0.4, 0.5) is 5.69 Å². The molecule has 0 saturated heterocycles. The molecule has 5 aromatic carbocycles. The maximum atomic E-state index is 11.9. The fourth-order valence-corrected chi connectivity index (χ4v) is 4.96. The van der Waals surface area contributed by atoms with E-state index in [1.165, 1.54) is 0 Å². The first-order chi connectivity index (χ1) is 16.1. The van der Waals surface area contributed by atoms with Gasteiger partial charge in [0.2, 0.25) is 0 Å². The van der Waals surface area contributed by atoms with Crippen LogP contribution in [-0.4, -0.2) is 9.49 Å². The van der Waals surface area contributed by atoms with Gasteiger partial charge in [-0.3, -0.25) is 10.1 Å². The quantitative estimate of drug-likeness (QED) is 0.202. The summed E-state index contributed by atoms with van der Waals surface area (Å²) in [6.07, 6.45) is 0. The standard InChI is InChI=1S/C28H17ClN2O2/c29-23-10-4-6-12-26(23)30-24-11-5-3-9-21(24)22-17-19(14-15-25(22)30)28-20-8-2-1-7-18(20)13-16-27(28)31(32)33/h1-17H. The van der Waals surface area contributed by atoms with Gasteiger partial charge in [-0.05, 0) is 52.7 Å². The van der Waals surface area contributed by atoms with Gasteiger partial charge >= 0.3 is 0 Å². The molecule has 4 nitrogen and oxygen atoms in total. The Morgan fingerprint density at radius 1 is 0.697 bits per heavy atom. The van der Waals surface area contributed by atoms with E-state index in [4.69, 9.17) is 11.6 Å². The molecule has 0 atom stereocenters. The zero-order chi connectivity index (χ0) is 22.5. The number of rotatable bonds is 3. The van der Waals surface area contributed by atoms with Crippen molar-refractivity contribution in [3.05, 3.63) is 118 Å². The predicted molar refractivity (Wildman–Crippen MR) is 135 cm³/mol. The second-order valence-corrected chi connectivity index (χ2v) is 8.38. The van der Waals surface area contributed by atoms with E-state index < -0.39 is 0 Å². The molecule has 0 aliphatic rings. The number of fused-ring (bicyclic) bond motifs is 4. The highest BCUT2D eigenvalue weighted by Crippen LogP contribution is 2.41. The Hall–Kier alpha value is -4.15. The topological polar surface area (TPSA) is 48.1 Å². The number of nitro benzene ring substituents is 1. The van der Waals surface area contributed by atoms with Gasteiger partial charge in [0.25, 0.3) is 5.69 Å². The van der Waals surface area contributed by atoms with Gasteiger partial charge in [0.15, 0.2) is 0 Å². The summed E-state index contributed by atoms with van der Waals surface area (Å²) in [5.41, 5.74) is 4.47. The van der Waals surface area contributed by atoms with Crippen LogP contribution in [-0.2, 0) is 0 Å². The van der Waals surface area contributed by atoms with Crippen LogP contribution in [0.2, 0.25) is 5.02 Å². The Balaban J connectivity index is 1.72. The SMILES string of the molecule is O=[N+]([O-])c1ccc2ccccc2c1-c1ccc2c(c1)c1ccccc1n2-c1ccccc1Cl. The number of hydrogen-bond acceptors (Lipinski definition) is 2. The number of hydrogen-bond donors (Lipinski definition) is 0. The van der Waals surface area contributed by atoms with Crippen LogP contribution >= 0.6 is 11.6 Å². The summed E-state index contributed by atoms with van der Waals surface area (Å²) in [7, 11) is 0. The van der Waals surface area contributed by atoms with Crippen LogP contribution in [0.3, 0.4) is 0 Å². The first-order valence-corrected chi connectivity index (χ1v) is 11.0. The zero-order valence-electron chi connectivity index (χ0n) is 17.4. The maximum absolute atomic E-state index is 11.9. The molecule has 0 saturated carbocycles. The fraction of sp³-hybridized carbons (Fsp3) is 0. The van der Waals surface area contributed by atoms with Crippen LogP contribution < -0.4 is 0 Å². The minimum absolute atomic E-state index is 0.0999. The van der Waals surface area contributed by atoms with Crippen LogP contribution in [0, 0.1) is 10.1 Å². The monoisotopic (exact) mass is 448 g/mol. The number of aromatic nitrogens is 1. The third kappa shape index (κ3) is 2.99. The molecule has 0 bridgehead atoms. The number of halogens is 1. The van der Waals surface area contributed by atoms with Crippen LogP contribution in [0.1, 0.15) is 0 Å². The average molecular weight is 449 g/mol. The predicted octanol–water partition coefficient (Wildman–Crippen LogP) is 8.17. The average Bonchev–Trinajstić information content (AvgIpc) is 3.17. The van der Waals surface area contributed by atoms with Gasteiger partial charge in [-0.2, -0.15) is 0 Å². The fourth-order valence-electron chi connectivity index (χ4n) is 4.74. The molecule has 0 radical (unpaired) electrons. The van der Waals surface area contributed by atoms with E-state index in [-0.39, 0.29) is 10.6 Å². The Labute approximate surface area is 194 Å². The largest absolute Gasteiger partial charge is 0.308 e. The highest BCUT2D eigenvalue weighted by molar-refractivity contribution is 6.32. The van der Waals surface area contributed by atoms with E-state index in [1.807, 2.05) is 72.8 Å². The minimum atomic E-state index is -0.307. The molecule has 6 rings (SSSR count). The normalized spacial score (nSPS) is 11.4. The van der Waals surface area contributed by atoms with Crippen molar-refractivity contribution in [3.63, 3.8) is 0 Å². The number of para-hydroxylation sites is 2. The molecule has 5 heteroatoms. The molecule has 0 unspecified atom stereocenters. The highest BCUT2D eigenvalue weighted by atomic mass is 35.5. The molecule has 1 heterocycles. The van der Waals surface area contributed by atoms with Gasteiger partial charge in [-0.25, -0.2) is 0 Å². The molecular formula is C28H17ClN2O2. The van der Waals surface area contributed by atoms with Crippen molar-refractivity contribution in [2.45, 2.75) is 0 Å². The van der Waals surface area contributed by atoms with Gasteiger partial charge in [-0.15, -0.1) is 0 Å². The minimum Gasteiger partial charge on any atom is -0.308 e. The maximum Gasteiger partial charge on any atom is 0.277 e. The number of nitrogens with zero attached hydrogens (tertiary/aromatic N) is 2. The van der Waals surface area contributed by atoms with E-state index in [0.29, 0.717) is 10.6 Å². The molecule has 0 N–H and O–H groups in total. The third-order valence-electron chi connectivity index (χ3n) is 6.16. The molecule has 1 aromatic heterocycles. The van der Waals surface area contributed by atoms with E-state index in [1.54, 1.807) is 12.1 Å². The van der Waals surface area contributed by atoms with Crippen molar-refractivity contribution in [2.75, 3.05) is 0 Å². The first-order valence-electron chi connectivity index (χ1n) is 10.6. The molecule has 6 aromatic rings. The molecule has 0 aliphatic carbocycles. The van der Waals surface area contributed by atoms with Gasteiger partial charge in [0.05, 0.1) is 32.2 Å². The van der Waals surface area contributed by atoms with Gasteiger partial charge in [0.1, 0.15) is 0 Å². The van der Waals surface area contributed by atoms with Crippen molar-refractivity contribution < 1.29 is 4.92 Å². The van der Waals surface area contributed by atoms with E-state index >= 15 is 0 Å². The van der Waals surface area contributed by atoms with Crippen molar-refractivity contribution in [1.29, 1.82) is 0 Å². The first kappa shape index (κ1) is 19.5. The van der Waals surface area contributed by atoms with E-state index in [2.05, 4.69) is 22.8 Å². The van der Waals surface area contributed by atoms with Crippen molar-refractivity contribution in [1.82, 2.24) is 4.57 Å².